The van der Waals surface area contributed by atoms with E-state index in [1.54, 1.807) is 7.11 Å². The van der Waals surface area contributed by atoms with Crippen LogP contribution in [0.3, 0.4) is 0 Å². The number of rotatable bonds is 11. The van der Waals surface area contributed by atoms with E-state index in [-0.39, 0.29) is 23.0 Å². The van der Waals surface area contributed by atoms with Crippen molar-refractivity contribution >= 4 is 24.8 Å². The van der Waals surface area contributed by atoms with E-state index in [2.05, 4.69) is 107 Å². The highest BCUT2D eigenvalue weighted by Crippen LogP contribution is 2.37. The Morgan fingerprint density at radius 3 is 1.72 bits per heavy atom. The number of hydrogen-bond donors (Lipinski definition) is 1. The highest BCUT2D eigenvalue weighted by molar-refractivity contribution is 6.99. The first kappa shape index (κ1) is 28.1. The first-order valence-electron chi connectivity index (χ1n) is 12.9. The second-order valence-electron chi connectivity index (χ2n) is 10.8. The zero-order valence-electron chi connectivity index (χ0n) is 22.6. The van der Waals surface area contributed by atoms with Crippen LogP contribution in [0.25, 0.3) is 6.08 Å². The zero-order chi connectivity index (χ0) is 26.2. The number of aliphatic hydroxyl groups is 1. The second kappa shape index (κ2) is 12.6. The predicted octanol–water partition coefficient (Wildman–Crippen LogP) is 5.92. The van der Waals surface area contributed by atoms with Crippen molar-refractivity contribution in [1.82, 2.24) is 0 Å². The van der Waals surface area contributed by atoms with Crippen LogP contribution in [0.2, 0.25) is 5.04 Å². The van der Waals surface area contributed by atoms with Gasteiger partial charge in [-0.15, -0.1) is 0 Å². The summed E-state index contributed by atoms with van der Waals surface area (Å²) in [5.74, 6) is -0.155. The molecule has 192 valence electrons. The smallest absolute Gasteiger partial charge is 0.261 e. The fourth-order valence-electron chi connectivity index (χ4n) is 5.07. The number of methoxy groups -OCH3 is 1. The van der Waals surface area contributed by atoms with Crippen LogP contribution in [-0.4, -0.2) is 39.3 Å². The molecule has 0 bridgehead atoms. The van der Waals surface area contributed by atoms with Crippen molar-refractivity contribution in [2.24, 2.45) is 11.8 Å². The normalized spacial score (nSPS) is 16.0. The Hall–Kier alpha value is -2.50. The van der Waals surface area contributed by atoms with Gasteiger partial charge in [0.15, 0.2) is 0 Å². The number of aliphatic hydroxyl groups excluding tert-OH is 1. The van der Waals surface area contributed by atoms with Crippen molar-refractivity contribution in [3.63, 3.8) is 0 Å². The topological polar surface area (TPSA) is 38.7 Å². The van der Waals surface area contributed by atoms with Crippen molar-refractivity contribution in [2.75, 3.05) is 13.7 Å². The summed E-state index contributed by atoms with van der Waals surface area (Å²) in [6.07, 6.45) is 3.32. The molecule has 0 unspecified atom stereocenters. The molecular weight excluding hydrogens is 460 g/mol. The Morgan fingerprint density at radius 1 is 0.806 bits per heavy atom. The zero-order valence-corrected chi connectivity index (χ0v) is 23.6. The summed E-state index contributed by atoms with van der Waals surface area (Å²) in [5, 5.41) is 13.7. The first-order valence-corrected chi connectivity index (χ1v) is 14.8. The monoisotopic (exact) mass is 502 g/mol. The third kappa shape index (κ3) is 6.43. The van der Waals surface area contributed by atoms with Crippen LogP contribution in [-0.2, 0) is 9.16 Å². The van der Waals surface area contributed by atoms with Crippen molar-refractivity contribution < 1.29 is 14.3 Å². The summed E-state index contributed by atoms with van der Waals surface area (Å²) in [5.41, 5.74) is 1.12. The van der Waals surface area contributed by atoms with E-state index in [1.807, 2.05) is 31.2 Å². The minimum atomic E-state index is -2.64. The third-order valence-corrected chi connectivity index (χ3v) is 12.2. The molecule has 3 rings (SSSR count). The summed E-state index contributed by atoms with van der Waals surface area (Å²) in [6, 6.07) is 31.4. The van der Waals surface area contributed by atoms with E-state index in [1.165, 1.54) is 10.4 Å². The summed E-state index contributed by atoms with van der Waals surface area (Å²) in [6.45, 7) is 11.4. The maximum absolute atomic E-state index is 11.3. The van der Waals surface area contributed by atoms with Gasteiger partial charge in [0, 0.05) is 25.6 Å². The molecule has 36 heavy (non-hydrogen) atoms. The van der Waals surface area contributed by atoms with Crippen LogP contribution in [0.15, 0.2) is 97.1 Å². The van der Waals surface area contributed by atoms with Gasteiger partial charge in [-0.25, -0.2) is 0 Å². The Bertz CT molecular complexity index is 1020. The largest absolute Gasteiger partial charge is 0.407 e. The lowest BCUT2D eigenvalue weighted by molar-refractivity contribution is -0.0168. The molecule has 3 aromatic rings. The van der Waals surface area contributed by atoms with E-state index in [0.717, 1.165) is 5.56 Å². The fraction of sp³-hybridized carbons (Fsp3) is 0.375. The van der Waals surface area contributed by atoms with Crippen molar-refractivity contribution in [3.05, 3.63) is 103 Å². The Kier molecular flexibility index (Phi) is 9.86. The lowest BCUT2D eigenvalue weighted by Gasteiger charge is -2.44. The molecule has 3 aromatic carbocycles. The molecule has 0 aliphatic heterocycles. The Morgan fingerprint density at radius 2 is 1.28 bits per heavy atom. The number of hydrogen-bond acceptors (Lipinski definition) is 3. The molecule has 4 heteroatoms. The average Bonchev–Trinajstić information content (AvgIpc) is 2.89. The molecule has 0 aliphatic rings. The van der Waals surface area contributed by atoms with Gasteiger partial charge < -0.3 is 14.3 Å². The van der Waals surface area contributed by atoms with E-state index < -0.39 is 14.4 Å². The second-order valence-corrected chi connectivity index (χ2v) is 15.1. The lowest BCUT2D eigenvalue weighted by Crippen LogP contribution is -2.67. The van der Waals surface area contributed by atoms with E-state index in [9.17, 15) is 5.11 Å². The molecule has 3 nitrogen and oxygen atoms in total. The van der Waals surface area contributed by atoms with Crippen LogP contribution < -0.4 is 10.4 Å². The Balaban J connectivity index is 1.83. The molecule has 0 aromatic heterocycles. The van der Waals surface area contributed by atoms with Crippen molar-refractivity contribution in [2.45, 2.75) is 51.9 Å². The lowest BCUT2D eigenvalue weighted by atomic mass is 9.89. The van der Waals surface area contributed by atoms with Gasteiger partial charge in [-0.1, -0.05) is 138 Å². The highest BCUT2D eigenvalue weighted by atomic mass is 28.4. The summed E-state index contributed by atoms with van der Waals surface area (Å²) < 4.78 is 12.8. The van der Waals surface area contributed by atoms with Crippen LogP contribution in [0.1, 0.15) is 40.2 Å². The minimum Gasteiger partial charge on any atom is -0.407 e. The van der Waals surface area contributed by atoms with Gasteiger partial charge in [0.25, 0.3) is 8.32 Å². The number of ether oxygens (including phenoxy) is 1. The predicted molar refractivity (Wildman–Crippen MR) is 154 cm³/mol. The first-order chi connectivity index (χ1) is 17.2. The molecule has 4 atom stereocenters. The molecule has 0 saturated heterocycles. The fourth-order valence-corrected chi connectivity index (χ4v) is 9.74. The summed E-state index contributed by atoms with van der Waals surface area (Å²) in [4.78, 5) is 0. The molecular formula is C32H42O3Si. The van der Waals surface area contributed by atoms with Crippen LogP contribution >= 0.6 is 0 Å². The summed E-state index contributed by atoms with van der Waals surface area (Å²) >= 11 is 0. The Labute approximate surface area is 218 Å². The molecule has 0 saturated carbocycles. The van der Waals surface area contributed by atoms with Crippen molar-refractivity contribution in [3.8, 4) is 0 Å². The molecule has 0 fully saturated rings. The molecule has 1 N–H and O–H groups in total. The summed E-state index contributed by atoms with van der Waals surface area (Å²) in [7, 11) is -0.943. The van der Waals surface area contributed by atoms with Gasteiger partial charge in [0.05, 0.1) is 12.2 Å². The quantitative estimate of drug-likeness (QED) is 0.331. The van der Waals surface area contributed by atoms with Gasteiger partial charge in [0.2, 0.25) is 0 Å². The van der Waals surface area contributed by atoms with Crippen molar-refractivity contribution in [1.29, 1.82) is 0 Å². The van der Waals surface area contributed by atoms with E-state index in [4.69, 9.17) is 9.16 Å². The molecule has 0 aliphatic carbocycles. The van der Waals surface area contributed by atoms with Crippen LogP contribution in [0.5, 0.6) is 0 Å². The molecule has 0 amide bonds. The minimum absolute atomic E-state index is 0.0653. The maximum Gasteiger partial charge on any atom is 0.261 e. The van der Waals surface area contributed by atoms with E-state index in [0.29, 0.717) is 6.61 Å². The van der Waals surface area contributed by atoms with Gasteiger partial charge in [-0.3, -0.25) is 0 Å². The van der Waals surface area contributed by atoms with Gasteiger partial charge in [0.1, 0.15) is 0 Å². The maximum atomic E-state index is 11.3. The third-order valence-electron chi connectivity index (χ3n) is 7.17. The van der Waals surface area contributed by atoms with E-state index >= 15 is 0 Å². The SMILES string of the molecule is CO[C@H](/C=C/c1ccccc1)[C@@H](C)[C@H](O)[C@H](C)CO[Si](c1ccccc1)(c1ccccc1)C(C)(C)C. The van der Waals surface area contributed by atoms with Crippen LogP contribution in [0.4, 0.5) is 0 Å². The molecule has 0 heterocycles. The highest BCUT2D eigenvalue weighted by Gasteiger charge is 2.50. The standard InChI is InChI=1S/C32H42O3Si/c1-25(31(33)26(2)30(34-6)23-22-27-16-10-7-11-17-27)24-35-36(32(3,4)5,28-18-12-8-13-19-28)29-20-14-9-15-21-29/h7-23,25-26,30-31,33H,24H2,1-6H3/b23-22+/t25-,26-,30-,31-/m1/s1. The van der Waals surface area contributed by atoms with Gasteiger partial charge in [-0.2, -0.15) is 0 Å². The van der Waals surface area contributed by atoms with Gasteiger partial charge in [-0.05, 0) is 21.0 Å². The van der Waals surface area contributed by atoms with Gasteiger partial charge >= 0.3 is 0 Å². The molecule has 0 radical (unpaired) electrons. The molecule has 0 spiro atoms. The van der Waals surface area contributed by atoms with Crippen LogP contribution in [0, 0.1) is 11.8 Å². The average molecular weight is 503 g/mol. The number of benzene rings is 3.